The third kappa shape index (κ3) is 5.00. The van der Waals surface area contributed by atoms with E-state index in [0.29, 0.717) is 17.5 Å². The van der Waals surface area contributed by atoms with Crippen molar-refractivity contribution in [2.75, 3.05) is 11.1 Å². The first-order chi connectivity index (χ1) is 15.5. The molecular formula is C25H24N4O2S. The average molecular weight is 445 g/mol. The number of carbonyl (C=O) groups is 1. The van der Waals surface area contributed by atoms with E-state index in [2.05, 4.69) is 15.5 Å². The van der Waals surface area contributed by atoms with E-state index in [-0.39, 0.29) is 17.4 Å². The normalized spacial score (nSPS) is 10.8. The summed E-state index contributed by atoms with van der Waals surface area (Å²) in [5.41, 5.74) is 4.87. The molecule has 162 valence electrons. The van der Waals surface area contributed by atoms with Gasteiger partial charge in [-0.3, -0.25) is 9.36 Å². The standard InChI is InChI=1S/C25H24N4O2S/c1-17-7-6-8-18(2)23(17)26-22(31)16-32-25-28-27-24(20-11-13-21(30)14-12-20)29(25)15-19-9-4-3-5-10-19/h3-14,30H,15-16H2,1-2H3,(H,26,31). The molecule has 0 unspecified atom stereocenters. The molecule has 0 spiro atoms. The molecule has 32 heavy (non-hydrogen) atoms. The van der Waals surface area contributed by atoms with Crippen LogP contribution in [0.15, 0.2) is 78.0 Å². The van der Waals surface area contributed by atoms with E-state index < -0.39 is 0 Å². The summed E-state index contributed by atoms with van der Waals surface area (Å²) < 4.78 is 2.00. The van der Waals surface area contributed by atoms with Crippen molar-refractivity contribution in [3.05, 3.63) is 89.5 Å². The third-order valence-electron chi connectivity index (χ3n) is 5.10. The number of thioether (sulfide) groups is 1. The van der Waals surface area contributed by atoms with Crippen molar-refractivity contribution in [1.82, 2.24) is 14.8 Å². The Kier molecular flexibility index (Phi) is 6.56. The van der Waals surface area contributed by atoms with Gasteiger partial charge in [0.05, 0.1) is 12.3 Å². The zero-order valence-electron chi connectivity index (χ0n) is 17.9. The van der Waals surface area contributed by atoms with E-state index in [1.54, 1.807) is 12.1 Å². The monoisotopic (exact) mass is 444 g/mol. The average Bonchev–Trinajstić information content (AvgIpc) is 3.18. The molecule has 0 bridgehead atoms. The minimum Gasteiger partial charge on any atom is -0.508 e. The summed E-state index contributed by atoms with van der Waals surface area (Å²) in [5.74, 6) is 1.01. The van der Waals surface area contributed by atoms with Gasteiger partial charge in [0, 0.05) is 11.3 Å². The Morgan fingerprint density at radius 1 is 0.938 bits per heavy atom. The van der Waals surface area contributed by atoms with Crippen LogP contribution in [0.4, 0.5) is 5.69 Å². The Labute approximate surface area is 191 Å². The van der Waals surface area contributed by atoms with Gasteiger partial charge >= 0.3 is 0 Å². The minimum atomic E-state index is -0.0900. The van der Waals surface area contributed by atoms with Gasteiger partial charge in [0.1, 0.15) is 5.75 Å². The van der Waals surface area contributed by atoms with Crippen molar-refractivity contribution in [3.8, 4) is 17.1 Å². The summed E-state index contributed by atoms with van der Waals surface area (Å²) in [5, 5.41) is 22.0. The van der Waals surface area contributed by atoms with Gasteiger partial charge in [0.15, 0.2) is 11.0 Å². The molecule has 0 radical (unpaired) electrons. The Bertz CT molecular complexity index is 1200. The zero-order chi connectivity index (χ0) is 22.5. The van der Waals surface area contributed by atoms with Crippen LogP contribution in [-0.2, 0) is 11.3 Å². The van der Waals surface area contributed by atoms with Crippen LogP contribution in [-0.4, -0.2) is 31.5 Å². The first kappa shape index (κ1) is 21.6. The summed E-state index contributed by atoms with van der Waals surface area (Å²) in [6.45, 7) is 4.54. The van der Waals surface area contributed by atoms with E-state index >= 15 is 0 Å². The van der Waals surface area contributed by atoms with Crippen LogP contribution in [0.25, 0.3) is 11.4 Å². The number of carbonyl (C=O) groups excluding carboxylic acids is 1. The summed E-state index contributed by atoms with van der Waals surface area (Å²) in [6, 6.07) is 22.9. The van der Waals surface area contributed by atoms with Gasteiger partial charge in [0.25, 0.3) is 0 Å². The fraction of sp³-hybridized carbons (Fsp3) is 0.160. The lowest BCUT2D eigenvalue weighted by Gasteiger charge is -2.12. The van der Waals surface area contributed by atoms with Gasteiger partial charge in [-0.25, -0.2) is 0 Å². The van der Waals surface area contributed by atoms with E-state index in [0.717, 1.165) is 27.9 Å². The summed E-state index contributed by atoms with van der Waals surface area (Å²) in [7, 11) is 0. The number of hydrogen-bond donors (Lipinski definition) is 2. The van der Waals surface area contributed by atoms with Gasteiger partial charge in [-0.2, -0.15) is 0 Å². The quantitative estimate of drug-likeness (QED) is 0.390. The van der Waals surface area contributed by atoms with Crippen LogP contribution < -0.4 is 5.32 Å². The van der Waals surface area contributed by atoms with Crippen molar-refractivity contribution in [1.29, 1.82) is 0 Å². The number of benzene rings is 3. The molecule has 0 aliphatic heterocycles. The molecule has 0 saturated carbocycles. The maximum Gasteiger partial charge on any atom is 0.234 e. The molecule has 4 aromatic rings. The number of hydrogen-bond acceptors (Lipinski definition) is 5. The number of aryl methyl sites for hydroxylation is 2. The molecule has 0 fully saturated rings. The molecule has 7 heteroatoms. The van der Waals surface area contributed by atoms with Crippen molar-refractivity contribution in [2.45, 2.75) is 25.5 Å². The van der Waals surface area contributed by atoms with Crippen LogP contribution in [0.3, 0.4) is 0 Å². The number of phenols is 1. The van der Waals surface area contributed by atoms with Crippen LogP contribution in [0.2, 0.25) is 0 Å². The predicted molar refractivity (Wildman–Crippen MR) is 128 cm³/mol. The van der Waals surface area contributed by atoms with Crippen molar-refractivity contribution in [3.63, 3.8) is 0 Å². The summed E-state index contributed by atoms with van der Waals surface area (Å²) in [4.78, 5) is 12.7. The Balaban J connectivity index is 1.56. The van der Waals surface area contributed by atoms with Gasteiger partial charge in [-0.1, -0.05) is 60.3 Å². The highest BCUT2D eigenvalue weighted by Gasteiger charge is 2.17. The fourth-order valence-corrected chi connectivity index (χ4v) is 4.18. The molecular weight excluding hydrogens is 420 g/mol. The molecule has 0 aliphatic rings. The molecule has 0 atom stereocenters. The number of aromatic hydroxyl groups is 1. The molecule has 1 aromatic heterocycles. The number of para-hydroxylation sites is 1. The second-order valence-corrected chi connectivity index (χ2v) is 8.47. The highest BCUT2D eigenvalue weighted by Crippen LogP contribution is 2.27. The second kappa shape index (κ2) is 9.70. The number of aromatic nitrogens is 3. The maximum atomic E-state index is 12.7. The lowest BCUT2D eigenvalue weighted by atomic mass is 10.1. The lowest BCUT2D eigenvalue weighted by molar-refractivity contribution is -0.113. The minimum absolute atomic E-state index is 0.0900. The fourth-order valence-electron chi connectivity index (χ4n) is 3.45. The second-order valence-electron chi connectivity index (χ2n) is 7.53. The van der Waals surface area contributed by atoms with Gasteiger partial charge in [-0.15, -0.1) is 10.2 Å². The van der Waals surface area contributed by atoms with Crippen LogP contribution in [0, 0.1) is 13.8 Å². The zero-order valence-corrected chi connectivity index (χ0v) is 18.8. The first-order valence-corrected chi connectivity index (χ1v) is 11.2. The van der Waals surface area contributed by atoms with E-state index in [9.17, 15) is 9.90 Å². The molecule has 0 saturated heterocycles. The molecule has 1 heterocycles. The molecule has 4 rings (SSSR count). The number of anilines is 1. The smallest absolute Gasteiger partial charge is 0.234 e. The van der Waals surface area contributed by atoms with E-state index in [4.69, 9.17) is 0 Å². The largest absolute Gasteiger partial charge is 0.508 e. The highest BCUT2D eigenvalue weighted by molar-refractivity contribution is 7.99. The van der Waals surface area contributed by atoms with Gasteiger partial charge < -0.3 is 10.4 Å². The number of nitrogens with one attached hydrogen (secondary N) is 1. The first-order valence-electron chi connectivity index (χ1n) is 10.3. The molecule has 1 amide bonds. The summed E-state index contributed by atoms with van der Waals surface area (Å²) >= 11 is 1.35. The number of rotatable bonds is 7. The summed E-state index contributed by atoms with van der Waals surface area (Å²) in [6.07, 6.45) is 0. The SMILES string of the molecule is Cc1cccc(C)c1NC(=O)CSc1nnc(-c2ccc(O)cc2)n1Cc1ccccc1. The van der Waals surface area contributed by atoms with Crippen LogP contribution >= 0.6 is 11.8 Å². The van der Waals surface area contributed by atoms with Crippen molar-refractivity contribution >= 4 is 23.4 Å². The van der Waals surface area contributed by atoms with Gasteiger partial charge in [0.2, 0.25) is 5.91 Å². The van der Waals surface area contributed by atoms with Crippen LogP contribution in [0.1, 0.15) is 16.7 Å². The number of amides is 1. The molecule has 3 aromatic carbocycles. The number of phenolic OH excluding ortho intramolecular Hbond substituents is 1. The lowest BCUT2D eigenvalue weighted by Crippen LogP contribution is -2.16. The third-order valence-corrected chi connectivity index (χ3v) is 6.07. The molecule has 0 aliphatic carbocycles. The van der Waals surface area contributed by atoms with Crippen molar-refractivity contribution < 1.29 is 9.90 Å². The predicted octanol–water partition coefficient (Wildman–Crippen LogP) is 5.05. The topological polar surface area (TPSA) is 80.0 Å². The van der Waals surface area contributed by atoms with Crippen LogP contribution in [0.5, 0.6) is 5.75 Å². The van der Waals surface area contributed by atoms with E-state index in [1.807, 2.05) is 79.1 Å². The molecule has 2 N–H and O–H groups in total. The number of nitrogens with zero attached hydrogens (tertiary/aromatic N) is 3. The Morgan fingerprint density at radius 2 is 1.62 bits per heavy atom. The van der Waals surface area contributed by atoms with Gasteiger partial charge in [-0.05, 0) is 54.8 Å². The highest BCUT2D eigenvalue weighted by atomic mass is 32.2. The molecule has 6 nitrogen and oxygen atoms in total. The Hall–Kier alpha value is -3.58. The van der Waals surface area contributed by atoms with E-state index in [1.165, 1.54) is 11.8 Å². The van der Waals surface area contributed by atoms with Crippen molar-refractivity contribution in [2.24, 2.45) is 0 Å². The maximum absolute atomic E-state index is 12.7. The Morgan fingerprint density at radius 3 is 2.31 bits per heavy atom.